The van der Waals surface area contributed by atoms with Crippen molar-refractivity contribution in [3.63, 3.8) is 0 Å². The number of nitrogens with zero attached hydrogens (tertiary/aromatic N) is 3. The quantitative estimate of drug-likeness (QED) is 0.300. The van der Waals surface area contributed by atoms with Crippen LogP contribution in [-0.2, 0) is 0 Å². The van der Waals surface area contributed by atoms with Crippen molar-refractivity contribution in [2.75, 3.05) is 0 Å². The highest BCUT2D eigenvalue weighted by molar-refractivity contribution is 9.11. The maximum Gasteiger partial charge on any atom is 0.318 e. The topological polar surface area (TPSA) is 128 Å². The van der Waals surface area contributed by atoms with E-state index in [1.807, 2.05) is 0 Å². The standard InChI is InChI=1S/C13H7Br2N3O6/c14-9-3-7(6-16-19)4-10(15)13(9)24-12-2-1-8(17(20)21)5-11(12)18(22)23/h1-6,19H/b16-6-. The molecule has 2 aromatic carbocycles. The first-order valence-electron chi connectivity index (χ1n) is 6.10. The lowest BCUT2D eigenvalue weighted by atomic mass is 10.2. The van der Waals surface area contributed by atoms with E-state index in [1.165, 1.54) is 6.21 Å². The zero-order valence-electron chi connectivity index (χ0n) is 11.6. The Bertz CT molecular complexity index is 833. The summed E-state index contributed by atoms with van der Waals surface area (Å²) < 4.78 is 6.40. The summed E-state index contributed by atoms with van der Waals surface area (Å²) >= 11 is 6.50. The molecule has 124 valence electrons. The second kappa shape index (κ2) is 7.36. The van der Waals surface area contributed by atoms with E-state index in [0.717, 1.165) is 18.2 Å². The van der Waals surface area contributed by atoms with E-state index in [0.29, 0.717) is 14.5 Å². The Morgan fingerprint density at radius 2 is 1.71 bits per heavy atom. The Morgan fingerprint density at radius 3 is 2.21 bits per heavy atom. The molecule has 0 aliphatic heterocycles. The zero-order valence-corrected chi connectivity index (χ0v) is 14.7. The second-order valence-corrected chi connectivity index (χ2v) is 6.04. The van der Waals surface area contributed by atoms with E-state index in [4.69, 9.17) is 9.94 Å². The minimum Gasteiger partial charge on any atom is -0.448 e. The highest BCUT2D eigenvalue weighted by atomic mass is 79.9. The molecule has 0 bridgehead atoms. The summed E-state index contributed by atoms with van der Waals surface area (Å²) in [6.45, 7) is 0. The van der Waals surface area contributed by atoms with Crippen molar-refractivity contribution in [1.29, 1.82) is 0 Å². The molecule has 11 heteroatoms. The van der Waals surface area contributed by atoms with Crippen LogP contribution in [-0.4, -0.2) is 21.3 Å². The number of nitro groups is 2. The summed E-state index contributed by atoms with van der Waals surface area (Å²) in [5.41, 5.74) is -0.410. The molecule has 0 heterocycles. The van der Waals surface area contributed by atoms with Gasteiger partial charge in [0.1, 0.15) is 0 Å². The third-order valence-electron chi connectivity index (χ3n) is 2.79. The molecule has 0 saturated heterocycles. The Labute approximate surface area is 151 Å². The Hall–Kier alpha value is -2.53. The van der Waals surface area contributed by atoms with Crippen LogP contribution in [0.1, 0.15) is 5.56 Å². The van der Waals surface area contributed by atoms with Crippen molar-refractivity contribution >= 4 is 49.4 Å². The predicted molar refractivity (Wildman–Crippen MR) is 91.0 cm³/mol. The maximum atomic E-state index is 11.1. The average Bonchev–Trinajstić information content (AvgIpc) is 2.51. The third-order valence-corrected chi connectivity index (χ3v) is 3.97. The first kappa shape index (κ1) is 17.8. The van der Waals surface area contributed by atoms with Crippen molar-refractivity contribution in [3.05, 3.63) is 65.1 Å². The van der Waals surface area contributed by atoms with Crippen molar-refractivity contribution in [2.24, 2.45) is 5.16 Å². The molecule has 24 heavy (non-hydrogen) atoms. The number of halogens is 2. The van der Waals surface area contributed by atoms with Crippen LogP contribution < -0.4 is 4.74 Å². The van der Waals surface area contributed by atoms with E-state index in [-0.39, 0.29) is 11.5 Å². The van der Waals surface area contributed by atoms with Crippen molar-refractivity contribution in [2.45, 2.75) is 0 Å². The molecule has 0 radical (unpaired) electrons. The predicted octanol–water partition coefficient (Wildman–Crippen LogP) is 4.63. The smallest absolute Gasteiger partial charge is 0.318 e. The van der Waals surface area contributed by atoms with E-state index in [2.05, 4.69) is 37.0 Å². The molecule has 9 nitrogen and oxygen atoms in total. The minimum atomic E-state index is -0.767. The van der Waals surface area contributed by atoms with Gasteiger partial charge < -0.3 is 9.94 Å². The second-order valence-electron chi connectivity index (χ2n) is 4.33. The molecule has 0 saturated carbocycles. The normalized spacial score (nSPS) is 10.8. The van der Waals surface area contributed by atoms with Crippen LogP contribution in [0.25, 0.3) is 0 Å². The average molecular weight is 461 g/mol. The fraction of sp³-hybridized carbons (Fsp3) is 0. The minimum absolute atomic E-state index is 0.157. The van der Waals surface area contributed by atoms with Crippen molar-refractivity contribution in [3.8, 4) is 11.5 Å². The van der Waals surface area contributed by atoms with Gasteiger partial charge in [0, 0.05) is 6.07 Å². The summed E-state index contributed by atoms with van der Waals surface area (Å²) in [6, 6.07) is 6.22. The van der Waals surface area contributed by atoms with Gasteiger partial charge in [0.25, 0.3) is 5.69 Å². The van der Waals surface area contributed by atoms with E-state index >= 15 is 0 Å². The molecular weight excluding hydrogens is 454 g/mol. The van der Waals surface area contributed by atoms with E-state index in [9.17, 15) is 20.2 Å². The van der Waals surface area contributed by atoms with Gasteiger partial charge in [-0.2, -0.15) is 0 Å². The van der Waals surface area contributed by atoms with Crippen LogP contribution in [0, 0.1) is 20.2 Å². The van der Waals surface area contributed by atoms with Gasteiger partial charge in [-0.15, -0.1) is 0 Å². The number of benzene rings is 2. The Balaban J connectivity index is 2.48. The van der Waals surface area contributed by atoms with Crippen molar-refractivity contribution < 1.29 is 19.8 Å². The van der Waals surface area contributed by atoms with Gasteiger partial charge in [-0.25, -0.2) is 0 Å². The fourth-order valence-corrected chi connectivity index (χ4v) is 3.16. The number of rotatable bonds is 5. The lowest BCUT2D eigenvalue weighted by molar-refractivity contribution is -0.394. The van der Waals surface area contributed by atoms with Crippen LogP contribution in [0.2, 0.25) is 0 Å². The summed E-state index contributed by atoms with van der Waals surface area (Å²) in [6.07, 6.45) is 1.19. The van der Waals surface area contributed by atoms with Gasteiger partial charge in [0.05, 0.1) is 31.1 Å². The van der Waals surface area contributed by atoms with Crippen LogP contribution in [0.5, 0.6) is 11.5 Å². The monoisotopic (exact) mass is 459 g/mol. The summed E-state index contributed by atoms with van der Waals surface area (Å²) in [5.74, 6) is 0.0672. The van der Waals surface area contributed by atoms with E-state index < -0.39 is 21.2 Å². The van der Waals surface area contributed by atoms with Gasteiger partial charge in [-0.1, -0.05) is 5.16 Å². The van der Waals surface area contributed by atoms with Crippen molar-refractivity contribution in [1.82, 2.24) is 0 Å². The molecule has 0 aliphatic rings. The molecular formula is C13H7Br2N3O6. The van der Waals surface area contributed by atoms with Gasteiger partial charge >= 0.3 is 5.69 Å². The fourth-order valence-electron chi connectivity index (χ4n) is 1.78. The lowest BCUT2D eigenvalue weighted by Crippen LogP contribution is -1.97. The molecule has 0 aromatic heterocycles. The zero-order chi connectivity index (χ0) is 17.9. The number of oxime groups is 1. The maximum absolute atomic E-state index is 11.1. The van der Waals surface area contributed by atoms with Gasteiger partial charge in [-0.05, 0) is 55.6 Å². The molecule has 2 aromatic rings. The Kier molecular flexibility index (Phi) is 5.46. The molecule has 2 rings (SSSR count). The molecule has 0 aliphatic carbocycles. The highest BCUT2D eigenvalue weighted by Gasteiger charge is 2.22. The number of ether oxygens (including phenoxy) is 1. The number of hydrogen-bond donors (Lipinski definition) is 1. The van der Waals surface area contributed by atoms with Crippen LogP contribution in [0.15, 0.2) is 44.4 Å². The lowest BCUT2D eigenvalue weighted by Gasteiger charge is -2.11. The number of non-ortho nitro benzene ring substituents is 1. The van der Waals surface area contributed by atoms with E-state index in [1.54, 1.807) is 12.1 Å². The molecule has 0 unspecified atom stereocenters. The third kappa shape index (κ3) is 3.86. The van der Waals surface area contributed by atoms with Crippen LogP contribution in [0.4, 0.5) is 11.4 Å². The summed E-state index contributed by atoms with van der Waals surface area (Å²) in [5, 5.41) is 33.3. The summed E-state index contributed by atoms with van der Waals surface area (Å²) in [7, 11) is 0. The summed E-state index contributed by atoms with van der Waals surface area (Å²) in [4.78, 5) is 20.4. The van der Waals surface area contributed by atoms with Gasteiger partial charge in [0.2, 0.25) is 5.75 Å². The SMILES string of the molecule is O=[N+]([O-])c1ccc(Oc2c(Br)cc(/C=N\O)cc2Br)c([N+](=O)[O-])c1. The van der Waals surface area contributed by atoms with Gasteiger partial charge in [0.15, 0.2) is 5.75 Å². The Morgan fingerprint density at radius 1 is 1.08 bits per heavy atom. The molecule has 0 spiro atoms. The van der Waals surface area contributed by atoms with Crippen LogP contribution >= 0.6 is 31.9 Å². The van der Waals surface area contributed by atoms with Gasteiger partial charge in [-0.3, -0.25) is 20.2 Å². The number of nitro benzene ring substituents is 2. The number of hydrogen-bond acceptors (Lipinski definition) is 7. The first-order valence-corrected chi connectivity index (χ1v) is 7.69. The first-order chi connectivity index (χ1) is 11.3. The largest absolute Gasteiger partial charge is 0.448 e. The van der Waals surface area contributed by atoms with Crippen LogP contribution in [0.3, 0.4) is 0 Å². The highest BCUT2D eigenvalue weighted by Crippen LogP contribution is 2.41. The molecule has 0 fully saturated rings. The molecule has 0 atom stereocenters. The molecule has 1 N–H and O–H groups in total. The molecule has 0 amide bonds.